The Bertz CT molecular complexity index is 553. The van der Waals surface area contributed by atoms with Gasteiger partial charge in [0.05, 0.1) is 5.75 Å². The van der Waals surface area contributed by atoms with E-state index >= 15 is 0 Å². The van der Waals surface area contributed by atoms with Crippen LogP contribution in [0.1, 0.15) is 26.7 Å². The van der Waals surface area contributed by atoms with Crippen LogP contribution in [-0.4, -0.2) is 61.4 Å². The molecule has 0 unspecified atom stereocenters. The van der Waals surface area contributed by atoms with Gasteiger partial charge in [-0.3, -0.25) is 0 Å². The zero-order valence-corrected chi connectivity index (χ0v) is 14.1. The highest BCUT2D eigenvalue weighted by atomic mass is 32.2. The number of hydrogen-bond acceptors (Lipinski definition) is 6. The Hall–Kier alpha value is -1.41. The molecule has 0 aliphatic carbocycles. The van der Waals surface area contributed by atoms with E-state index in [1.807, 2.05) is 26.0 Å². The SMILES string of the molecule is CCCCS(=O)(=O)N1CCN(c2ccc(NCC)nn2)CC1. The zero-order chi connectivity index (χ0) is 16.0. The Labute approximate surface area is 132 Å². The van der Waals surface area contributed by atoms with Gasteiger partial charge in [-0.2, -0.15) is 4.31 Å². The summed E-state index contributed by atoms with van der Waals surface area (Å²) >= 11 is 0. The average molecular weight is 327 g/mol. The molecule has 1 aliphatic heterocycles. The maximum absolute atomic E-state index is 12.2. The molecule has 0 radical (unpaired) electrons. The maximum Gasteiger partial charge on any atom is 0.214 e. The van der Waals surface area contributed by atoms with E-state index in [1.165, 1.54) is 0 Å². The number of aromatic nitrogens is 2. The highest BCUT2D eigenvalue weighted by Gasteiger charge is 2.26. The van der Waals surface area contributed by atoms with Crippen molar-refractivity contribution in [2.75, 3.05) is 48.7 Å². The van der Waals surface area contributed by atoms with Gasteiger partial charge in [-0.05, 0) is 25.5 Å². The maximum atomic E-state index is 12.2. The van der Waals surface area contributed by atoms with Gasteiger partial charge < -0.3 is 10.2 Å². The third-order valence-electron chi connectivity index (χ3n) is 3.72. The lowest BCUT2D eigenvalue weighted by Gasteiger charge is -2.34. The van der Waals surface area contributed by atoms with E-state index in [4.69, 9.17) is 0 Å². The minimum Gasteiger partial charge on any atom is -0.369 e. The fraction of sp³-hybridized carbons (Fsp3) is 0.714. The largest absolute Gasteiger partial charge is 0.369 e. The number of sulfonamides is 1. The third kappa shape index (κ3) is 4.30. The first-order chi connectivity index (χ1) is 10.6. The van der Waals surface area contributed by atoms with Crippen molar-refractivity contribution in [1.29, 1.82) is 0 Å². The molecule has 22 heavy (non-hydrogen) atoms. The normalized spacial score (nSPS) is 16.7. The number of rotatable bonds is 7. The van der Waals surface area contributed by atoms with E-state index in [-0.39, 0.29) is 5.75 Å². The van der Waals surface area contributed by atoms with Gasteiger partial charge in [0.15, 0.2) is 5.82 Å². The summed E-state index contributed by atoms with van der Waals surface area (Å²) < 4.78 is 25.9. The second kappa shape index (κ2) is 7.73. The molecule has 124 valence electrons. The van der Waals surface area contributed by atoms with Crippen LogP contribution in [0.2, 0.25) is 0 Å². The van der Waals surface area contributed by atoms with Gasteiger partial charge in [-0.1, -0.05) is 13.3 Å². The number of piperazine rings is 1. The van der Waals surface area contributed by atoms with Crippen LogP contribution in [0.25, 0.3) is 0 Å². The fourth-order valence-corrected chi connectivity index (χ4v) is 4.05. The Kier molecular flexibility index (Phi) is 5.96. The van der Waals surface area contributed by atoms with E-state index in [0.717, 1.165) is 31.0 Å². The molecule has 1 aromatic heterocycles. The summed E-state index contributed by atoms with van der Waals surface area (Å²) in [7, 11) is -3.10. The summed E-state index contributed by atoms with van der Waals surface area (Å²) in [6.45, 7) is 7.16. The highest BCUT2D eigenvalue weighted by molar-refractivity contribution is 7.89. The second-order valence-electron chi connectivity index (χ2n) is 5.36. The van der Waals surface area contributed by atoms with Crippen LogP contribution in [0.15, 0.2) is 12.1 Å². The molecular weight excluding hydrogens is 302 g/mol. The molecule has 0 saturated carbocycles. The van der Waals surface area contributed by atoms with Crippen molar-refractivity contribution in [2.24, 2.45) is 0 Å². The quantitative estimate of drug-likeness (QED) is 0.810. The first kappa shape index (κ1) is 17.0. The smallest absolute Gasteiger partial charge is 0.214 e. The van der Waals surface area contributed by atoms with Crippen molar-refractivity contribution in [3.63, 3.8) is 0 Å². The Morgan fingerprint density at radius 2 is 1.86 bits per heavy atom. The van der Waals surface area contributed by atoms with Crippen LogP contribution in [0, 0.1) is 0 Å². The van der Waals surface area contributed by atoms with Gasteiger partial charge in [-0.25, -0.2) is 8.42 Å². The van der Waals surface area contributed by atoms with E-state index in [1.54, 1.807) is 4.31 Å². The van der Waals surface area contributed by atoms with E-state index in [2.05, 4.69) is 20.4 Å². The van der Waals surface area contributed by atoms with Gasteiger partial charge in [-0.15, -0.1) is 10.2 Å². The number of hydrogen-bond donors (Lipinski definition) is 1. The first-order valence-electron chi connectivity index (χ1n) is 7.87. The number of anilines is 2. The molecule has 0 bridgehead atoms. The zero-order valence-electron chi connectivity index (χ0n) is 13.3. The summed E-state index contributed by atoms with van der Waals surface area (Å²) in [5.41, 5.74) is 0. The monoisotopic (exact) mass is 327 g/mol. The summed E-state index contributed by atoms with van der Waals surface area (Å²) in [5.74, 6) is 1.81. The summed E-state index contributed by atoms with van der Waals surface area (Å²) in [4.78, 5) is 2.08. The summed E-state index contributed by atoms with van der Waals surface area (Å²) in [6, 6.07) is 3.82. The van der Waals surface area contributed by atoms with E-state index in [0.29, 0.717) is 26.2 Å². The average Bonchev–Trinajstić information content (AvgIpc) is 2.54. The molecule has 7 nitrogen and oxygen atoms in total. The first-order valence-corrected chi connectivity index (χ1v) is 9.48. The van der Waals surface area contributed by atoms with Crippen molar-refractivity contribution < 1.29 is 8.42 Å². The van der Waals surface area contributed by atoms with Gasteiger partial charge in [0, 0.05) is 32.7 Å². The van der Waals surface area contributed by atoms with E-state index in [9.17, 15) is 8.42 Å². The molecular formula is C14H25N5O2S. The summed E-state index contributed by atoms with van der Waals surface area (Å²) in [5, 5.41) is 11.4. The molecule has 1 aromatic rings. The number of unbranched alkanes of at least 4 members (excludes halogenated alkanes) is 1. The van der Waals surface area contributed by atoms with E-state index < -0.39 is 10.0 Å². The van der Waals surface area contributed by atoms with Crippen LogP contribution >= 0.6 is 0 Å². The fourth-order valence-electron chi connectivity index (χ4n) is 2.42. The molecule has 8 heteroatoms. The number of nitrogens with zero attached hydrogens (tertiary/aromatic N) is 4. The van der Waals surface area contributed by atoms with Crippen molar-refractivity contribution in [3.8, 4) is 0 Å². The molecule has 1 saturated heterocycles. The molecule has 1 N–H and O–H groups in total. The Morgan fingerprint density at radius 1 is 1.14 bits per heavy atom. The van der Waals surface area contributed by atoms with Crippen LogP contribution in [0.4, 0.5) is 11.6 Å². The molecule has 0 aromatic carbocycles. The lowest BCUT2D eigenvalue weighted by molar-refractivity contribution is 0.383. The van der Waals surface area contributed by atoms with Crippen molar-refractivity contribution in [3.05, 3.63) is 12.1 Å². The second-order valence-corrected chi connectivity index (χ2v) is 7.45. The minimum atomic E-state index is -3.10. The highest BCUT2D eigenvalue weighted by Crippen LogP contribution is 2.16. The topological polar surface area (TPSA) is 78.4 Å². The minimum absolute atomic E-state index is 0.251. The molecule has 0 spiro atoms. The lowest BCUT2D eigenvalue weighted by atomic mass is 10.3. The van der Waals surface area contributed by atoms with Crippen molar-refractivity contribution in [1.82, 2.24) is 14.5 Å². The molecule has 1 aliphatic rings. The van der Waals surface area contributed by atoms with Crippen LogP contribution in [0.3, 0.4) is 0 Å². The van der Waals surface area contributed by atoms with Crippen LogP contribution < -0.4 is 10.2 Å². The molecule has 1 fully saturated rings. The van der Waals surface area contributed by atoms with Crippen molar-refractivity contribution >= 4 is 21.7 Å². The predicted molar refractivity (Wildman–Crippen MR) is 88.7 cm³/mol. The van der Waals surface area contributed by atoms with Gasteiger partial charge >= 0.3 is 0 Å². The summed E-state index contributed by atoms with van der Waals surface area (Å²) in [6.07, 6.45) is 1.62. The van der Waals surface area contributed by atoms with Crippen LogP contribution in [0.5, 0.6) is 0 Å². The lowest BCUT2D eigenvalue weighted by Crippen LogP contribution is -2.49. The van der Waals surface area contributed by atoms with Crippen LogP contribution in [-0.2, 0) is 10.0 Å². The molecule has 2 heterocycles. The standard InChI is InChI=1S/C14H25N5O2S/c1-3-5-12-22(20,21)19-10-8-18(9-11-19)14-7-6-13(15-4-2)16-17-14/h6-7H,3-5,8-12H2,1-2H3,(H,15,16). The van der Waals surface area contributed by atoms with Crippen molar-refractivity contribution in [2.45, 2.75) is 26.7 Å². The number of nitrogens with one attached hydrogen (secondary N) is 1. The molecule has 2 rings (SSSR count). The van der Waals surface area contributed by atoms with Gasteiger partial charge in [0.1, 0.15) is 5.82 Å². The Morgan fingerprint density at radius 3 is 2.41 bits per heavy atom. The van der Waals surface area contributed by atoms with Gasteiger partial charge in [0.2, 0.25) is 10.0 Å². The Balaban J connectivity index is 1.91. The predicted octanol–water partition coefficient (Wildman–Crippen LogP) is 1.16. The molecule has 0 amide bonds. The van der Waals surface area contributed by atoms with Gasteiger partial charge in [0.25, 0.3) is 0 Å². The third-order valence-corrected chi connectivity index (χ3v) is 5.68. The molecule has 0 atom stereocenters.